The van der Waals surface area contributed by atoms with Crippen LogP contribution in [0.2, 0.25) is 0 Å². The summed E-state index contributed by atoms with van der Waals surface area (Å²) in [6.07, 6.45) is 1.67. The first kappa shape index (κ1) is 17.2. The van der Waals surface area contributed by atoms with Gasteiger partial charge in [0, 0.05) is 12.7 Å². The fourth-order valence-electron chi connectivity index (χ4n) is 2.10. The molecule has 1 aromatic heterocycles. The lowest BCUT2D eigenvalue weighted by atomic mass is 10.2. The number of nitrogens with zero attached hydrogens (tertiary/aromatic N) is 4. The number of methoxy groups -OCH3 is 1. The van der Waals surface area contributed by atoms with Crippen LogP contribution < -0.4 is 20.8 Å². The number of hydrogen-bond acceptors (Lipinski definition) is 8. The summed E-state index contributed by atoms with van der Waals surface area (Å²) >= 11 is 0. The van der Waals surface area contributed by atoms with Gasteiger partial charge in [-0.15, -0.1) is 0 Å². The van der Waals surface area contributed by atoms with Gasteiger partial charge in [-0.3, -0.25) is 0 Å². The summed E-state index contributed by atoms with van der Waals surface area (Å²) in [6.45, 7) is 0. The molecule has 0 bridgehead atoms. The van der Waals surface area contributed by atoms with Crippen molar-refractivity contribution in [3.05, 3.63) is 60.2 Å². The summed E-state index contributed by atoms with van der Waals surface area (Å²) in [5, 5.41) is 10.2. The van der Waals surface area contributed by atoms with Gasteiger partial charge in [0.25, 0.3) is 0 Å². The van der Waals surface area contributed by atoms with Gasteiger partial charge in [-0.05, 0) is 42.0 Å². The van der Waals surface area contributed by atoms with Gasteiger partial charge in [-0.2, -0.15) is 20.1 Å². The molecule has 26 heavy (non-hydrogen) atoms. The molecular formula is C18H19N7O. The molecule has 0 aliphatic rings. The van der Waals surface area contributed by atoms with E-state index in [1.807, 2.05) is 54.6 Å². The van der Waals surface area contributed by atoms with Crippen LogP contribution in [-0.4, -0.2) is 35.3 Å². The van der Waals surface area contributed by atoms with Crippen molar-refractivity contribution in [1.29, 1.82) is 0 Å². The Kier molecular flexibility index (Phi) is 5.56. The molecule has 0 amide bonds. The SMILES string of the molecule is CNc1nc(N/N=C/c2ccc(OC)cc2)nc(Nc2ccccc2)n1. The van der Waals surface area contributed by atoms with Crippen molar-refractivity contribution in [1.82, 2.24) is 15.0 Å². The van der Waals surface area contributed by atoms with Crippen molar-refractivity contribution >= 4 is 29.7 Å². The van der Waals surface area contributed by atoms with E-state index in [2.05, 4.69) is 36.1 Å². The summed E-state index contributed by atoms with van der Waals surface area (Å²) in [4.78, 5) is 12.8. The lowest BCUT2D eigenvalue weighted by Gasteiger charge is -2.08. The molecule has 2 aromatic carbocycles. The van der Waals surface area contributed by atoms with Crippen LogP contribution in [-0.2, 0) is 0 Å². The van der Waals surface area contributed by atoms with Crippen molar-refractivity contribution in [3.63, 3.8) is 0 Å². The fraction of sp³-hybridized carbons (Fsp3) is 0.111. The topological polar surface area (TPSA) is 96.4 Å². The van der Waals surface area contributed by atoms with Crippen molar-refractivity contribution in [2.75, 3.05) is 30.2 Å². The first-order valence-corrected chi connectivity index (χ1v) is 7.96. The Morgan fingerprint density at radius 2 is 1.58 bits per heavy atom. The Bertz CT molecular complexity index is 866. The zero-order valence-electron chi connectivity index (χ0n) is 14.5. The first-order valence-electron chi connectivity index (χ1n) is 7.96. The van der Waals surface area contributed by atoms with E-state index < -0.39 is 0 Å². The zero-order chi connectivity index (χ0) is 18.2. The van der Waals surface area contributed by atoms with E-state index in [1.54, 1.807) is 20.4 Å². The second kappa shape index (κ2) is 8.43. The Balaban J connectivity index is 1.72. The van der Waals surface area contributed by atoms with Gasteiger partial charge in [0.2, 0.25) is 17.8 Å². The van der Waals surface area contributed by atoms with E-state index in [1.165, 1.54) is 0 Å². The van der Waals surface area contributed by atoms with Gasteiger partial charge < -0.3 is 15.4 Å². The summed E-state index contributed by atoms with van der Waals surface area (Å²) < 4.78 is 5.13. The van der Waals surface area contributed by atoms with E-state index in [9.17, 15) is 0 Å². The Morgan fingerprint density at radius 3 is 2.27 bits per heavy atom. The standard InChI is InChI=1S/C18H19N7O/c1-19-16-22-17(21-14-6-4-3-5-7-14)24-18(23-16)25-20-12-13-8-10-15(26-2)11-9-13/h3-12H,1-2H3,(H3,19,21,22,23,24,25)/b20-12+. The number of anilines is 4. The van der Waals surface area contributed by atoms with Crippen molar-refractivity contribution in [3.8, 4) is 5.75 Å². The maximum Gasteiger partial charge on any atom is 0.250 e. The molecule has 0 radical (unpaired) electrons. The average molecular weight is 349 g/mol. The maximum atomic E-state index is 5.13. The van der Waals surface area contributed by atoms with Crippen LogP contribution in [0.4, 0.5) is 23.5 Å². The fourth-order valence-corrected chi connectivity index (χ4v) is 2.10. The van der Waals surface area contributed by atoms with Crippen molar-refractivity contribution in [2.24, 2.45) is 5.10 Å². The van der Waals surface area contributed by atoms with E-state index >= 15 is 0 Å². The molecule has 0 saturated carbocycles. The number of rotatable bonds is 7. The summed E-state index contributed by atoms with van der Waals surface area (Å²) in [5.74, 6) is 1.97. The third-order valence-corrected chi connectivity index (χ3v) is 3.38. The van der Waals surface area contributed by atoms with E-state index in [-0.39, 0.29) is 0 Å². The Morgan fingerprint density at radius 1 is 0.885 bits per heavy atom. The highest BCUT2D eigenvalue weighted by molar-refractivity contribution is 5.80. The second-order valence-corrected chi connectivity index (χ2v) is 5.19. The van der Waals surface area contributed by atoms with Crippen LogP contribution in [0.15, 0.2) is 59.7 Å². The summed E-state index contributed by atoms with van der Waals surface area (Å²) in [5.41, 5.74) is 4.62. The molecule has 0 fully saturated rings. The van der Waals surface area contributed by atoms with Crippen molar-refractivity contribution < 1.29 is 4.74 Å². The molecule has 132 valence electrons. The maximum absolute atomic E-state index is 5.13. The number of aromatic nitrogens is 3. The highest BCUT2D eigenvalue weighted by atomic mass is 16.5. The van der Waals surface area contributed by atoms with Gasteiger partial charge in [0.1, 0.15) is 5.75 Å². The number of nitrogens with one attached hydrogen (secondary N) is 3. The zero-order valence-corrected chi connectivity index (χ0v) is 14.5. The molecular weight excluding hydrogens is 330 g/mol. The van der Waals surface area contributed by atoms with E-state index in [4.69, 9.17) is 4.74 Å². The minimum Gasteiger partial charge on any atom is -0.497 e. The molecule has 3 aromatic rings. The lowest BCUT2D eigenvalue weighted by Crippen LogP contribution is -2.07. The van der Waals surface area contributed by atoms with Gasteiger partial charge in [0.15, 0.2) is 0 Å². The van der Waals surface area contributed by atoms with Crippen LogP contribution in [0.3, 0.4) is 0 Å². The Labute approximate surface area is 151 Å². The smallest absolute Gasteiger partial charge is 0.250 e. The minimum atomic E-state index is 0.326. The molecule has 0 spiro atoms. The van der Waals surface area contributed by atoms with Gasteiger partial charge in [-0.1, -0.05) is 18.2 Å². The third kappa shape index (κ3) is 4.67. The van der Waals surface area contributed by atoms with Crippen LogP contribution >= 0.6 is 0 Å². The second-order valence-electron chi connectivity index (χ2n) is 5.19. The van der Waals surface area contributed by atoms with Crippen LogP contribution in [0, 0.1) is 0 Å². The number of ether oxygens (including phenoxy) is 1. The van der Waals surface area contributed by atoms with E-state index in [0.717, 1.165) is 17.0 Å². The lowest BCUT2D eigenvalue weighted by molar-refractivity contribution is 0.415. The molecule has 0 saturated heterocycles. The van der Waals surface area contributed by atoms with E-state index in [0.29, 0.717) is 17.8 Å². The molecule has 0 unspecified atom stereocenters. The van der Waals surface area contributed by atoms with Crippen LogP contribution in [0.1, 0.15) is 5.56 Å². The largest absolute Gasteiger partial charge is 0.497 e. The molecule has 0 aliphatic heterocycles. The minimum absolute atomic E-state index is 0.326. The number of hydrogen-bond donors (Lipinski definition) is 3. The summed E-state index contributed by atoms with van der Waals surface area (Å²) in [7, 11) is 3.37. The van der Waals surface area contributed by atoms with Crippen LogP contribution in [0.5, 0.6) is 5.75 Å². The molecule has 1 heterocycles. The predicted octanol–water partition coefficient (Wildman–Crippen LogP) is 3.11. The van der Waals surface area contributed by atoms with Gasteiger partial charge >= 0.3 is 0 Å². The van der Waals surface area contributed by atoms with Gasteiger partial charge in [0.05, 0.1) is 13.3 Å². The molecule has 0 aliphatic carbocycles. The molecule has 8 heteroatoms. The average Bonchev–Trinajstić information content (AvgIpc) is 2.69. The molecule has 3 N–H and O–H groups in total. The number of para-hydroxylation sites is 1. The van der Waals surface area contributed by atoms with Crippen LogP contribution in [0.25, 0.3) is 0 Å². The molecule has 0 atom stereocenters. The molecule has 3 rings (SSSR count). The third-order valence-electron chi connectivity index (χ3n) is 3.38. The number of hydrazone groups is 1. The molecule has 8 nitrogen and oxygen atoms in total. The number of benzene rings is 2. The normalized spacial score (nSPS) is 10.5. The van der Waals surface area contributed by atoms with Crippen molar-refractivity contribution in [2.45, 2.75) is 0 Å². The Hall–Kier alpha value is -3.68. The van der Waals surface area contributed by atoms with Gasteiger partial charge in [-0.25, -0.2) is 5.43 Å². The first-order chi connectivity index (χ1) is 12.8. The highest BCUT2D eigenvalue weighted by Crippen LogP contribution is 2.15. The highest BCUT2D eigenvalue weighted by Gasteiger charge is 2.05. The quantitative estimate of drug-likeness (QED) is 0.445. The summed E-state index contributed by atoms with van der Waals surface area (Å²) in [6, 6.07) is 17.2. The predicted molar refractivity (Wildman–Crippen MR) is 103 cm³/mol. The monoisotopic (exact) mass is 349 g/mol.